The Balaban J connectivity index is 1.58. The first kappa shape index (κ1) is 16.5. The van der Waals surface area contributed by atoms with E-state index in [4.69, 9.17) is 4.74 Å². The lowest BCUT2D eigenvalue weighted by atomic mass is 10.1. The van der Waals surface area contributed by atoms with E-state index in [-0.39, 0.29) is 5.91 Å². The summed E-state index contributed by atoms with van der Waals surface area (Å²) in [6.07, 6.45) is 0. The van der Waals surface area contributed by atoms with Gasteiger partial charge in [-0.05, 0) is 42.8 Å². The molecule has 2 aromatic heterocycles. The Morgan fingerprint density at radius 3 is 2.65 bits per heavy atom. The highest BCUT2D eigenvalue weighted by Gasteiger charge is 2.12. The smallest absolute Gasteiger partial charge is 0.261 e. The van der Waals surface area contributed by atoms with Crippen molar-refractivity contribution in [3.63, 3.8) is 0 Å². The third-order valence-corrected chi connectivity index (χ3v) is 5.35. The molecule has 2 heterocycles. The molecule has 130 valence electrons. The van der Waals surface area contributed by atoms with Crippen LogP contribution in [0.1, 0.15) is 20.8 Å². The molecule has 2 aromatic carbocycles. The van der Waals surface area contributed by atoms with Crippen LogP contribution in [-0.2, 0) is 6.54 Å². The number of carbonyl (C=O) groups excluding carboxylic acids is 1. The van der Waals surface area contributed by atoms with Gasteiger partial charge < -0.3 is 10.1 Å². The van der Waals surface area contributed by atoms with Gasteiger partial charge >= 0.3 is 0 Å². The fraction of sp³-hybridized carbons (Fsp3) is 0.143. The Bertz CT molecular complexity index is 1100. The van der Waals surface area contributed by atoms with E-state index in [1.807, 2.05) is 61.5 Å². The molecule has 0 spiro atoms. The maximum atomic E-state index is 12.5. The zero-order valence-corrected chi connectivity index (χ0v) is 15.4. The number of amides is 1. The molecule has 0 aliphatic heterocycles. The molecule has 1 amide bonds. The van der Waals surface area contributed by atoms with Gasteiger partial charge in [-0.3, -0.25) is 4.79 Å². The Morgan fingerprint density at radius 2 is 1.88 bits per heavy atom. The number of nitrogens with one attached hydrogen (secondary N) is 1. The highest BCUT2D eigenvalue weighted by atomic mass is 32.1. The Kier molecular flexibility index (Phi) is 4.31. The predicted octanol–water partition coefficient (Wildman–Crippen LogP) is 4.70. The van der Waals surface area contributed by atoms with E-state index in [9.17, 15) is 4.79 Å². The summed E-state index contributed by atoms with van der Waals surface area (Å²) in [6.45, 7) is 2.56. The van der Waals surface area contributed by atoms with E-state index in [2.05, 4.69) is 10.3 Å². The van der Waals surface area contributed by atoms with Gasteiger partial charge in [-0.25, -0.2) is 4.98 Å². The number of ether oxygens (including phenoxy) is 1. The number of nitrogens with zero attached hydrogens (tertiary/aromatic N) is 1. The van der Waals surface area contributed by atoms with E-state index in [1.165, 1.54) is 16.9 Å². The molecule has 4 aromatic rings. The fourth-order valence-electron chi connectivity index (χ4n) is 2.83. The number of hydrogen-bond acceptors (Lipinski definition) is 4. The van der Waals surface area contributed by atoms with Crippen LogP contribution >= 0.6 is 11.3 Å². The standard InChI is InChI=1S/C21H18N2O2S/c1-13-3-5-14(6-4-13)12-22-20(24)19-11-16-9-15-10-17(25-2)7-8-18(15)23-21(16)26-19/h3-11H,12H2,1-2H3,(H,22,24). The third kappa shape index (κ3) is 3.26. The van der Waals surface area contributed by atoms with E-state index < -0.39 is 0 Å². The van der Waals surface area contributed by atoms with Gasteiger partial charge in [-0.1, -0.05) is 29.8 Å². The van der Waals surface area contributed by atoms with Crippen LogP contribution in [-0.4, -0.2) is 18.0 Å². The van der Waals surface area contributed by atoms with Gasteiger partial charge in [0.15, 0.2) is 0 Å². The Morgan fingerprint density at radius 1 is 1.08 bits per heavy atom. The number of aromatic nitrogens is 1. The third-order valence-electron chi connectivity index (χ3n) is 4.31. The first-order valence-corrected chi connectivity index (χ1v) is 9.16. The summed E-state index contributed by atoms with van der Waals surface area (Å²) < 4.78 is 5.27. The Labute approximate surface area is 155 Å². The molecule has 0 fully saturated rings. The van der Waals surface area contributed by atoms with Gasteiger partial charge in [0.05, 0.1) is 17.5 Å². The van der Waals surface area contributed by atoms with E-state index in [0.29, 0.717) is 11.4 Å². The summed E-state index contributed by atoms with van der Waals surface area (Å²) in [5.41, 5.74) is 3.19. The summed E-state index contributed by atoms with van der Waals surface area (Å²) >= 11 is 1.41. The first-order valence-electron chi connectivity index (χ1n) is 8.34. The number of rotatable bonds is 4. The van der Waals surface area contributed by atoms with E-state index in [1.54, 1.807) is 7.11 Å². The van der Waals surface area contributed by atoms with Crippen LogP contribution in [0.3, 0.4) is 0 Å². The molecular weight excluding hydrogens is 344 g/mol. The largest absolute Gasteiger partial charge is 0.497 e. The summed E-state index contributed by atoms with van der Waals surface area (Å²) in [6, 6.07) is 17.9. The maximum Gasteiger partial charge on any atom is 0.261 e. The van der Waals surface area contributed by atoms with Crippen molar-refractivity contribution in [1.29, 1.82) is 0 Å². The number of benzene rings is 2. The number of methoxy groups -OCH3 is 1. The SMILES string of the molecule is COc1ccc2nc3sc(C(=O)NCc4ccc(C)cc4)cc3cc2c1. The lowest BCUT2D eigenvalue weighted by molar-refractivity contribution is 0.0955. The average molecular weight is 362 g/mol. The molecule has 0 saturated heterocycles. The van der Waals surface area contributed by atoms with Crippen LogP contribution in [0.2, 0.25) is 0 Å². The zero-order chi connectivity index (χ0) is 18.1. The molecule has 0 bridgehead atoms. The van der Waals surface area contributed by atoms with Crippen molar-refractivity contribution in [2.45, 2.75) is 13.5 Å². The number of thiophene rings is 1. The molecule has 0 radical (unpaired) electrons. The van der Waals surface area contributed by atoms with Crippen LogP contribution in [0.15, 0.2) is 54.6 Å². The van der Waals surface area contributed by atoms with Gasteiger partial charge in [-0.2, -0.15) is 0 Å². The summed E-state index contributed by atoms with van der Waals surface area (Å²) in [4.78, 5) is 18.7. The molecule has 0 unspecified atom stereocenters. The predicted molar refractivity (Wildman–Crippen MR) is 106 cm³/mol. The molecule has 0 saturated carbocycles. The van der Waals surface area contributed by atoms with Gasteiger partial charge in [0.2, 0.25) is 0 Å². The number of carbonyl (C=O) groups is 1. The molecular formula is C21H18N2O2S. The normalized spacial score (nSPS) is 11.0. The van der Waals surface area contributed by atoms with Gasteiger partial charge in [0, 0.05) is 17.3 Å². The summed E-state index contributed by atoms with van der Waals surface area (Å²) in [5.74, 6) is 0.722. The van der Waals surface area contributed by atoms with Crippen LogP contribution < -0.4 is 10.1 Å². The molecule has 0 aliphatic rings. The van der Waals surface area contributed by atoms with Crippen molar-refractivity contribution in [2.75, 3.05) is 7.11 Å². The molecule has 0 atom stereocenters. The van der Waals surface area contributed by atoms with Crippen LogP contribution in [0.5, 0.6) is 5.75 Å². The Hall–Kier alpha value is -2.92. The highest BCUT2D eigenvalue weighted by Crippen LogP contribution is 2.29. The number of fused-ring (bicyclic) bond motifs is 2. The molecule has 4 nitrogen and oxygen atoms in total. The molecule has 4 rings (SSSR count). The van der Waals surface area contributed by atoms with Gasteiger partial charge in [0.25, 0.3) is 5.91 Å². The molecule has 1 N–H and O–H groups in total. The maximum absolute atomic E-state index is 12.5. The van der Waals surface area contributed by atoms with E-state index >= 15 is 0 Å². The van der Waals surface area contributed by atoms with Crippen molar-refractivity contribution in [3.8, 4) is 5.75 Å². The summed E-state index contributed by atoms with van der Waals surface area (Å²) in [7, 11) is 1.65. The highest BCUT2D eigenvalue weighted by molar-refractivity contribution is 7.20. The zero-order valence-electron chi connectivity index (χ0n) is 14.6. The van der Waals surface area contributed by atoms with Crippen LogP contribution in [0.4, 0.5) is 0 Å². The number of pyridine rings is 1. The van der Waals surface area contributed by atoms with Crippen LogP contribution in [0, 0.1) is 6.92 Å². The van der Waals surface area contributed by atoms with Crippen molar-refractivity contribution in [2.24, 2.45) is 0 Å². The second kappa shape index (κ2) is 6.77. The first-order chi connectivity index (χ1) is 12.6. The quantitative estimate of drug-likeness (QED) is 0.573. The molecule has 26 heavy (non-hydrogen) atoms. The molecule has 5 heteroatoms. The second-order valence-electron chi connectivity index (χ2n) is 6.22. The molecule has 0 aliphatic carbocycles. The van der Waals surface area contributed by atoms with E-state index in [0.717, 1.165) is 32.4 Å². The van der Waals surface area contributed by atoms with Crippen molar-refractivity contribution >= 4 is 38.4 Å². The minimum absolute atomic E-state index is 0.0739. The van der Waals surface area contributed by atoms with Gasteiger partial charge in [-0.15, -0.1) is 11.3 Å². The van der Waals surface area contributed by atoms with Crippen molar-refractivity contribution in [1.82, 2.24) is 10.3 Å². The van der Waals surface area contributed by atoms with Crippen LogP contribution in [0.25, 0.3) is 21.1 Å². The number of aryl methyl sites for hydroxylation is 1. The minimum Gasteiger partial charge on any atom is -0.497 e. The lowest BCUT2D eigenvalue weighted by Gasteiger charge is -2.04. The van der Waals surface area contributed by atoms with Crippen molar-refractivity contribution in [3.05, 3.63) is 70.6 Å². The average Bonchev–Trinajstić information content (AvgIpc) is 3.08. The number of hydrogen-bond donors (Lipinski definition) is 1. The minimum atomic E-state index is -0.0739. The second-order valence-corrected chi connectivity index (χ2v) is 7.25. The van der Waals surface area contributed by atoms with Crippen molar-refractivity contribution < 1.29 is 9.53 Å². The topological polar surface area (TPSA) is 51.2 Å². The fourth-order valence-corrected chi connectivity index (χ4v) is 3.77. The monoisotopic (exact) mass is 362 g/mol. The summed E-state index contributed by atoms with van der Waals surface area (Å²) in [5, 5.41) is 4.95. The van der Waals surface area contributed by atoms with Gasteiger partial charge in [0.1, 0.15) is 10.6 Å². The lowest BCUT2D eigenvalue weighted by Crippen LogP contribution is -2.21.